The molecule has 12 heteroatoms. The summed E-state index contributed by atoms with van der Waals surface area (Å²) in [6, 6.07) is 66.2. The SMILES string of the molecule is [2H]C([2H])([2H])N1[C]2=[Pt]=[C]3N(c4cccc(c4)N(c4cc(C)c(N5c6cccc(c6)N6[C](=[Pt]=[C]7N(c8cccc5c8)c5ccccc5N7C([2H])([2H])[2H])N(C([2H])([2H])[2H])c5ccccc56)cc4C)c4cccc(c4)N2c2ccccc21)c1ccccc1N3C([2H])([2H])[2H]. The van der Waals surface area contributed by atoms with Crippen molar-refractivity contribution in [2.45, 2.75) is 13.8 Å². The van der Waals surface area contributed by atoms with Crippen LogP contribution in [-0.2, 0) is 35.3 Å². The summed E-state index contributed by atoms with van der Waals surface area (Å²) in [4.78, 5) is 18.0. The number of benzene rings is 9. The molecule has 6 aliphatic rings. The molecule has 0 saturated heterocycles. The Morgan fingerprint density at radius 1 is 0.250 bits per heavy atom. The standard InChI is InChI=1S/C64H52N10.2Pt/c1-45-35-64(74(53-25-17-21-49(39-53)71-43-67(5)57-29-9-13-33-61(57)71)54-26-18-22-50(40-54)72-44-68(6)58-30-10-14-34-62(58)72)46(2)36-63(45)73(51-23-15-19-47(37-51)69-41-65(3)55-27-7-11-31-59(55)69)52-24-16-20-48(38-52)70-42-66(4)56-28-8-12-32-60(56)70;;/h7-40H,1-6H3;;/i3D3,4D3,5D3,6D3;;. The van der Waals surface area contributed by atoms with Crippen LogP contribution in [0.3, 0.4) is 0 Å². The summed E-state index contributed by atoms with van der Waals surface area (Å²) in [5.41, 5.74) is 13.9. The van der Waals surface area contributed by atoms with Crippen molar-refractivity contribution >= 4 is 119 Å². The molecule has 0 spiro atoms. The van der Waals surface area contributed by atoms with Crippen molar-refractivity contribution in [1.82, 2.24) is 0 Å². The van der Waals surface area contributed by atoms with Gasteiger partial charge in [-0.1, -0.05) is 0 Å². The minimum atomic E-state index is -2.64. The van der Waals surface area contributed by atoms with Crippen LogP contribution in [-0.4, -0.2) is 44.5 Å². The summed E-state index contributed by atoms with van der Waals surface area (Å²) in [5.74, 6) is 0. The molecule has 10 nitrogen and oxygen atoms in total. The normalized spacial score (nSPS) is 19.0. The first kappa shape index (κ1) is 34.4. The van der Waals surface area contributed by atoms with Gasteiger partial charge in [-0.2, -0.15) is 0 Å². The van der Waals surface area contributed by atoms with Crippen LogP contribution >= 0.6 is 0 Å². The molecule has 0 N–H and O–H groups in total. The number of aryl methyl sites for hydroxylation is 2. The van der Waals surface area contributed by atoms with E-state index in [9.17, 15) is 0 Å². The number of hydrogen-bond acceptors (Lipinski definition) is 10. The molecule has 0 unspecified atom stereocenters. The predicted molar refractivity (Wildman–Crippen MR) is 313 cm³/mol. The minimum absolute atomic E-state index is 0.469. The van der Waals surface area contributed by atoms with Crippen LogP contribution < -0.4 is 49.0 Å². The Hall–Kier alpha value is -8.16. The molecule has 0 amide bonds. The Labute approximate surface area is 476 Å². The Morgan fingerprint density at radius 3 is 0.711 bits per heavy atom. The summed E-state index contributed by atoms with van der Waals surface area (Å²) in [6.07, 6.45) is 0. The van der Waals surface area contributed by atoms with E-state index in [0.29, 0.717) is 84.8 Å². The van der Waals surface area contributed by atoms with Gasteiger partial charge in [0.2, 0.25) is 0 Å². The molecule has 0 fully saturated rings. The van der Waals surface area contributed by atoms with Crippen molar-refractivity contribution in [2.75, 3.05) is 76.9 Å². The van der Waals surface area contributed by atoms with Crippen molar-refractivity contribution in [3.05, 3.63) is 217 Å². The molecule has 378 valence electrons. The van der Waals surface area contributed by atoms with Crippen LogP contribution in [0.25, 0.3) is 0 Å². The monoisotopic (exact) mass is 1360 g/mol. The summed E-state index contributed by atoms with van der Waals surface area (Å²) < 4.78 is 111. The molecule has 9 aromatic rings. The molecular formula is C64H52N10Pt2. The van der Waals surface area contributed by atoms with Crippen LogP contribution in [0, 0.1) is 13.8 Å². The Morgan fingerprint density at radius 2 is 0.474 bits per heavy atom. The zero-order chi connectivity index (χ0) is 61.1. The van der Waals surface area contributed by atoms with Crippen molar-refractivity contribution < 1.29 is 51.7 Å². The first-order valence-corrected chi connectivity index (χ1v) is 29.1. The molecule has 0 atom stereocenters. The van der Waals surface area contributed by atoms with Gasteiger partial charge in [-0.05, 0) is 0 Å². The quantitative estimate of drug-likeness (QED) is 0.167. The van der Waals surface area contributed by atoms with Crippen LogP contribution in [0.4, 0.5) is 102 Å². The second-order valence-corrected chi connectivity index (χ2v) is 24.1. The van der Waals surface area contributed by atoms with E-state index in [4.69, 9.17) is 16.4 Å². The van der Waals surface area contributed by atoms with Crippen LogP contribution in [0.2, 0.25) is 0 Å². The first-order chi connectivity index (χ1) is 42.0. The fraction of sp³-hybridized carbons (Fsp3) is 0.0938. The van der Waals surface area contributed by atoms with Gasteiger partial charge in [0.25, 0.3) is 0 Å². The maximum atomic E-state index is 9.07. The Bertz CT molecular complexity index is 4050. The Kier molecular flexibility index (Phi) is 7.78. The van der Waals surface area contributed by atoms with E-state index in [1.54, 1.807) is 24.3 Å². The number of anilines is 18. The molecule has 0 aromatic heterocycles. The molecule has 8 bridgehead atoms. The third-order valence-electron chi connectivity index (χ3n) is 14.5. The second-order valence-electron chi connectivity index (χ2n) is 18.9. The van der Waals surface area contributed by atoms with Gasteiger partial charge >= 0.3 is 479 Å². The number of rotatable bonds is 2. The zero-order valence-electron chi connectivity index (χ0n) is 52.7. The van der Waals surface area contributed by atoms with Gasteiger partial charge in [-0.3, -0.25) is 0 Å². The average Bonchev–Trinajstić information content (AvgIpc) is 1.57. The van der Waals surface area contributed by atoms with Gasteiger partial charge < -0.3 is 0 Å². The van der Waals surface area contributed by atoms with Crippen molar-refractivity contribution in [1.29, 1.82) is 0 Å². The van der Waals surface area contributed by atoms with Gasteiger partial charge in [0.1, 0.15) is 0 Å². The van der Waals surface area contributed by atoms with E-state index < -0.39 is 63.2 Å². The Balaban J connectivity index is 0.954. The number of hydrogen-bond donors (Lipinski definition) is 0. The van der Waals surface area contributed by atoms with Gasteiger partial charge in [-0.15, -0.1) is 0 Å². The van der Waals surface area contributed by atoms with E-state index in [-0.39, 0.29) is 0 Å². The molecule has 0 radical (unpaired) electrons. The topological polar surface area (TPSA) is 32.4 Å². The third kappa shape index (κ3) is 6.66. The molecule has 0 saturated carbocycles. The molecule has 0 aliphatic carbocycles. The van der Waals surface area contributed by atoms with E-state index in [1.807, 2.05) is 165 Å². The van der Waals surface area contributed by atoms with Gasteiger partial charge in [0, 0.05) is 0 Å². The summed E-state index contributed by atoms with van der Waals surface area (Å²) >= 11 is -3.30. The van der Waals surface area contributed by atoms with Crippen molar-refractivity contribution in [2.24, 2.45) is 0 Å². The van der Waals surface area contributed by atoms with Crippen molar-refractivity contribution in [3.8, 4) is 0 Å². The zero-order valence-corrected chi connectivity index (χ0v) is 45.3. The van der Waals surface area contributed by atoms with Gasteiger partial charge in [-0.25, -0.2) is 0 Å². The molecule has 76 heavy (non-hydrogen) atoms. The summed E-state index contributed by atoms with van der Waals surface area (Å²) in [6.45, 7) is -6.42. The predicted octanol–water partition coefficient (Wildman–Crippen LogP) is 14.1. The molecule has 6 heterocycles. The van der Waals surface area contributed by atoms with E-state index in [2.05, 4.69) is 60.0 Å². The van der Waals surface area contributed by atoms with Gasteiger partial charge in [0.05, 0.1) is 0 Å². The van der Waals surface area contributed by atoms with Crippen molar-refractivity contribution in [3.63, 3.8) is 0 Å². The molecule has 6 aliphatic heterocycles. The fourth-order valence-corrected chi connectivity index (χ4v) is 17.4. The second kappa shape index (κ2) is 17.2. The molecule has 9 aromatic carbocycles. The number of fused-ring (bicyclic) bond motifs is 24. The molecule has 15 rings (SSSR count). The van der Waals surface area contributed by atoms with E-state index in [1.165, 1.54) is 19.6 Å². The number of para-hydroxylation sites is 8. The van der Waals surface area contributed by atoms with Crippen LogP contribution in [0.5, 0.6) is 0 Å². The van der Waals surface area contributed by atoms with E-state index in [0.717, 1.165) is 45.3 Å². The summed E-state index contributed by atoms with van der Waals surface area (Å²) in [7, 11) is 0. The van der Waals surface area contributed by atoms with Crippen LogP contribution in [0.1, 0.15) is 27.6 Å². The molecular weight excluding hydrogens is 1300 g/mol. The third-order valence-corrected chi connectivity index (χ3v) is 20.6. The maximum absolute atomic E-state index is 9.07. The number of nitrogens with zero attached hydrogens (tertiary/aromatic N) is 10. The van der Waals surface area contributed by atoms with Crippen LogP contribution in [0.15, 0.2) is 206 Å². The average molecular weight is 1360 g/mol. The van der Waals surface area contributed by atoms with Gasteiger partial charge in [0.15, 0.2) is 0 Å². The van der Waals surface area contributed by atoms with E-state index >= 15 is 0 Å². The first-order valence-electron chi connectivity index (χ1n) is 30.6. The fourth-order valence-electron chi connectivity index (χ4n) is 11.1. The summed E-state index contributed by atoms with van der Waals surface area (Å²) in [5, 5.41) is 0.